The normalized spacial score (nSPS) is 18.4. The van der Waals surface area contributed by atoms with Gasteiger partial charge in [0.05, 0.1) is 0 Å². The van der Waals surface area contributed by atoms with E-state index in [4.69, 9.17) is 16.3 Å². The van der Waals surface area contributed by atoms with Gasteiger partial charge in [0.2, 0.25) is 5.56 Å². The fourth-order valence-electron chi connectivity index (χ4n) is 3.41. The zero-order valence-corrected chi connectivity index (χ0v) is 16.8. The Hall–Kier alpha value is -3.43. The number of fused-ring (bicyclic) bond motifs is 1. The van der Waals surface area contributed by atoms with E-state index in [9.17, 15) is 23.9 Å². The van der Waals surface area contributed by atoms with Crippen LogP contribution >= 0.6 is 11.6 Å². The third-order valence-electron chi connectivity index (χ3n) is 4.89. The molecule has 4 rings (SSSR count). The SMILES string of the molecule is O=C(NCc1cc(F)cc(Cl)c1)OC1(O)CCN(c2ccc3[nH]c(=O)ccc3c2)C1=O. The molecule has 2 amide bonds. The van der Waals surface area contributed by atoms with Crippen molar-refractivity contribution in [3.05, 3.63) is 75.3 Å². The van der Waals surface area contributed by atoms with E-state index >= 15 is 0 Å². The summed E-state index contributed by atoms with van der Waals surface area (Å²) in [5.74, 6) is -3.68. The number of ether oxygens (including phenoxy) is 1. The van der Waals surface area contributed by atoms with Crippen LogP contribution in [-0.4, -0.2) is 34.4 Å². The number of hydrogen-bond donors (Lipinski definition) is 3. The molecule has 1 saturated heterocycles. The number of carbonyl (C=O) groups excluding carboxylic acids is 2. The highest BCUT2D eigenvalue weighted by atomic mass is 35.5. The maximum absolute atomic E-state index is 13.4. The molecule has 0 aliphatic carbocycles. The van der Waals surface area contributed by atoms with Crippen LogP contribution in [-0.2, 0) is 16.1 Å². The molecular weight excluding hydrogens is 429 g/mol. The summed E-state index contributed by atoms with van der Waals surface area (Å²) in [5, 5.41) is 13.8. The molecule has 0 spiro atoms. The highest BCUT2D eigenvalue weighted by molar-refractivity contribution is 6.30. The number of H-pyrrole nitrogens is 1. The first kappa shape index (κ1) is 20.8. The summed E-state index contributed by atoms with van der Waals surface area (Å²) in [4.78, 5) is 40.3. The maximum atomic E-state index is 13.4. The summed E-state index contributed by atoms with van der Waals surface area (Å²) in [6.07, 6.45) is -1.16. The van der Waals surface area contributed by atoms with Gasteiger partial charge >= 0.3 is 6.09 Å². The molecule has 2 heterocycles. The van der Waals surface area contributed by atoms with Crippen molar-refractivity contribution < 1.29 is 23.8 Å². The number of rotatable bonds is 4. The largest absolute Gasteiger partial charge is 0.410 e. The predicted molar refractivity (Wildman–Crippen MR) is 111 cm³/mol. The Morgan fingerprint density at radius 1 is 1.23 bits per heavy atom. The van der Waals surface area contributed by atoms with Crippen molar-refractivity contribution in [2.75, 3.05) is 11.4 Å². The summed E-state index contributed by atoms with van der Waals surface area (Å²) in [6, 6.07) is 11.7. The smallest absolute Gasteiger partial charge is 0.407 e. The van der Waals surface area contributed by atoms with E-state index in [1.54, 1.807) is 24.3 Å². The first-order valence-electron chi connectivity index (χ1n) is 9.33. The second-order valence-corrected chi connectivity index (χ2v) is 7.54. The highest BCUT2D eigenvalue weighted by Crippen LogP contribution is 2.31. The monoisotopic (exact) mass is 445 g/mol. The third kappa shape index (κ3) is 4.37. The maximum Gasteiger partial charge on any atom is 0.410 e. The van der Waals surface area contributed by atoms with E-state index < -0.39 is 23.6 Å². The number of amides is 2. The van der Waals surface area contributed by atoms with Gasteiger partial charge in [-0.3, -0.25) is 9.59 Å². The van der Waals surface area contributed by atoms with E-state index in [1.807, 2.05) is 0 Å². The lowest BCUT2D eigenvalue weighted by Crippen LogP contribution is -2.46. The Morgan fingerprint density at radius 2 is 2.03 bits per heavy atom. The minimum Gasteiger partial charge on any atom is -0.407 e. The molecule has 160 valence electrons. The van der Waals surface area contributed by atoms with Gasteiger partial charge in [0.15, 0.2) is 0 Å². The first-order valence-corrected chi connectivity index (χ1v) is 9.71. The van der Waals surface area contributed by atoms with E-state index in [0.717, 1.165) is 6.07 Å². The van der Waals surface area contributed by atoms with Crippen molar-refractivity contribution in [1.82, 2.24) is 10.3 Å². The van der Waals surface area contributed by atoms with Crippen molar-refractivity contribution in [3.63, 3.8) is 0 Å². The molecule has 31 heavy (non-hydrogen) atoms. The summed E-state index contributed by atoms with van der Waals surface area (Å²) in [6.45, 7) is 0.0180. The highest BCUT2D eigenvalue weighted by Gasteiger charge is 2.49. The summed E-state index contributed by atoms with van der Waals surface area (Å²) in [7, 11) is 0. The fraction of sp³-hybridized carbons (Fsp3) is 0.190. The van der Waals surface area contributed by atoms with Crippen molar-refractivity contribution in [3.8, 4) is 0 Å². The zero-order chi connectivity index (χ0) is 22.2. The van der Waals surface area contributed by atoms with Crippen molar-refractivity contribution in [1.29, 1.82) is 0 Å². The molecule has 0 bridgehead atoms. The number of aromatic nitrogens is 1. The van der Waals surface area contributed by atoms with Crippen molar-refractivity contribution in [2.24, 2.45) is 0 Å². The first-order chi connectivity index (χ1) is 14.7. The second kappa shape index (κ2) is 8.01. The van der Waals surface area contributed by atoms with Crippen LogP contribution in [0.4, 0.5) is 14.9 Å². The van der Waals surface area contributed by atoms with Crippen molar-refractivity contribution >= 4 is 40.2 Å². The molecular formula is C21H17ClFN3O5. The van der Waals surface area contributed by atoms with Gasteiger partial charge in [0, 0.05) is 47.2 Å². The Bertz CT molecular complexity index is 1230. The number of alkyl carbamates (subject to hydrolysis) is 1. The van der Waals surface area contributed by atoms with Gasteiger partial charge in [-0.15, -0.1) is 0 Å². The van der Waals surface area contributed by atoms with Crippen LogP contribution < -0.4 is 15.8 Å². The summed E-state index contributed by atoms with van der Waals surface area (Å²) >= 11 is 5.77. The van der Waals surface area contributed by atoms with E-state index in [0.29, 0.717) is 22.2 Å². The van der Waals surface area contributed by atoms with Gasteiger partial charge in [-0.25, -0.2) is 9.18 Å². The van der Waals surface area contributed by atoms with Crippen LogP contribution in [0.15, 0.2) is 53.3 Å². The fourth-order valence-corrected chi connectivity index (χ4v) is 3.65. The van der Waals surface area contributed by atoms with Gasteiger partial charge < -0.3 is 25.0 Å². The average Bonchev–Trinajstić information content (AvgIpc) is 3.00. The Morgan fingerprint density at radius 3 is 2.81 bits per heavy atom. The lowest BCUT2D eigenvalue weighted by atomic mass is 10.2. The van der Waals surface area contributed by atoms with Gasteiger partial charge in [0.1, 0.15) is 5.82 Å². The van der Waals surface area contributed by atoms with Gasteiger partial charge in [-0.2, -0.15) is 0 Å². The minimum absolute atomic E-state index is 0.104. The molecule has 10 heteroatoms. The zero-order valence-electron chi connectivity index (χ0n) is 16.0. The number of aromatic amines is 1. The van der Waals surface area contributed by atoms with Gasteiger partial charge in [0.25, 0.3) is 11.7 Å². The number of halogens is 2. The number of aliphatic hydroxyl groups is 1. The predicted octanol–water partition coefficient (Wildman–Crippen LogP) is 2.67. The number of nitrogens with zero attached hydrogens (tertiary/aromatic N) is 1. The number of benzene rings is 2. The van der Waals surface area contributed by atoms with Crippen LogP contribution in [0.2, 0.25) is 5.02 Å². The molecule has 1 fully saturated rings. The summed E-state index contributed by atoms with van der Waals surface area (Å²) < 4.78 is 18.4. The minimum atomic E-state index is -2.33. The number of carbonyl (C=O) groups is 2. The van der Waals surface area contributed by atoms with Crippen LogP contribution in [0.5, 0.6) is 0 Å². The number of nitrogens with one attached hydrogen (secondary N) is 2. The lowest BCUT2D eigenvalue weighted by Gasteiger charge is -2.22. The van der Waals surface area contributed by atoms with E-state index in [1.165, 1.54) is 23.1 Å². The number of hydrogen-bond acceptors (Lipinski definition) is 5. The topological polar surface area (TPSA) is 112 Å². The molecule has 1 aliphatic heterocycles. The molecule has 1 atom stereocenters. The Balaban J connectivity index is 1.44. The van der Waals surface area contributed by atoms with Gasteiger partial charge in [-0.05, 0) is 48.0 Å². The standard InChI is InChI=1S/C21H17ClFN3O5/c22-14-7-12(8-15(23)10-14)11-24-20(29)31-21(30)5-6-26(19(21)28)16-2-3-17-13(9-16)1-4-18(27)25-17/h1-4,7-10,30H,5-6,11H2,(H,24,29)(H,25,27). The molecule has 2 aromatic carbocycles. The number of anilines is 1. The number of pyridine rings is 1. The lowest BCUT2D eigenvalue weighted by molar-refractivity contribution is -0.175. The van der Waals surface area contributed by atoms with Crippen LogP contribution in [0, 0.1) is 5.82 Å². The quantitative estimate of drug-likeness (QED) is 0.534. The summed E-state index contributed by atoms with van der Waals surface area (Å²) in [5.41, 5.74) is 1.24. The van der Waals surface area contributed by atoms with Gasteiger partial charge in [-0.1, -0.05) is 11.6 Å². The molecule has 1 unspecified atom stereocenters. The van der Waals surface area contributed by atoms with E-state index in [2.05, 4.69) is 10.3 Å². The molecule has 3 aromatic rings. The molecule has 3 N–H and O–H groups in total. The Labute approximate surface area is 180 Å². The molecule has 0 saturated carbocycles. The van der Waals surface area contributed by atoms with Crippen LogP contribution in [0.25, 0.3) is 10.9 Å². The average molecular weight is 446 g/mol. The second-order valence-electron chi connectivity index (χ2n) is 7.11. The van der Waals surface area contributed by atoms with Crippen LogP contribution in [0.1, 0.15) is 12.0 Å². The third-order valence-corrected chi connectivity index (χ3v) is 5.11. The van der Waals surface area contributed by atoms with Crippen molar-refractivity contribution in [2.45, 2.75) is 18.8 Å². The molecule has 0 radical (unpaired) electrons. The molecule has 8 nitrogen and oxygen atoms in total. The van der Waals surface area contributed by atoms with E-state index in [-0.39, 0.29) is 30.1 Å². The van der Waals surface area contributed by atoms with Crippen LogP contribution in [0.3, 0.4) is 0 Å². The Kier molecular flexibility index (Phi) is 5.38. The molecule has 1 aliphatic rings. The molecule has 1 aromatic heterocycles.